The molecule has 2 N–H and O–H groups in total. The highest BCUT2D eigenvalue weighted by Crippen LogP contribution is 2.39. The maximum Gasteiger partial charge on any atom is 0.221 e. The van der Waals surface area contributed by atoms with Gasteiger partial charge in [-0.1, -0.05) is 31.9 Å². The zero-order chi connectivity index (χ0) is 9.68. The number of primary amides is 1. The third kappa shape index (κ3) is 3.62. The van der Waals surface area contributed by atoms with E-state index in [1.165, 1.54) is 19.3 Å². The van der Waals surface area contributed by atoms with E-state index in [1.54, 1.807) is 0 Å². The SMILES string of the molecule is CCCCCC=CC1CC1C(N)=O. The van der Waals surface area contributed by atoms with Crippen LogP contribution in [0.2, 0.25) is 0 Å². The number of rotatable bonds is 6. The van der Waals surface area contributed by atoms with Gasteiger partial charge in [0.2, 0.25) is 5.91 Å². The van der Waals surface area contributed by atoms with Crippen LogP contribution in [0.4, 0.5) is 0 Å². The first kappa shape index (κ1) is 10.3. The molecule has 1 fully saturated rings. The predicted molar refractivity (Wildman–Crippen MR) is 54.1 cm³/mol. The smallest absolute Gasteiger partial charge is 0.221 e. The Hall–Kier alpha value is -0.790. The Bertz CT molecular complexity index is 198. The molecule has 0 aromatic heterocycles. The molecule has 0 bridgehead atoms. The van der Waals surface area contributed by atoms with Crippen LogP contribution in [0, 0.1) is 11.8 Å². The summed E-state index contributed by atoms with van der Waals surface area (Å²) in [5.41, 5.74) is 5.17. The van der Waals surface area contributed by atoms with Crippen molar-refractivity contribution in [2.24, 2.45) is 17.6 Å². The van der Waals surface area contributed by atoms with Crippen molar-refractivity contribution in [1.82, 2.24) is 0 Å². The number of nitrogens with two attached hydrogens (primary N) is 1. The Kier molecular flexibility index (Phi) is 4.00. The minimum Gasteiger partial charge on any atom is -0.369 e. The zero-order valence-corrected chi connectivity index (χ0v) is 8.33. The molecule has 2 nitrogen and oxygen atoms in total. The van der Waals surface area contributed by atoms with Crippen molar-refractivity contribution in [2.75, 3.05) is 0 Å². The van der Waals surface area contributed by atoms with Crippen LogP contribution in [-0.2, 0) is 4.79 Å². The molecule has 1 aliphatic rings. The number of amides is 1. The van der Waals surface area contributed by atoms with E-state index in [1.807, 2.05) is 0 Å². The maximum atomic E-state index is 10.7. The minimum atomic E-state index is -0.136. The molecule has 2 atom stereocenters. The largest absolute Gasteiger partial charge is 0.369 e. The first-order valence-corrected chi connectivity index (χ1v) is 5.21. The fourth-order valence-electron chi connectivity index (χ4n) is 1.54. The van der Waals surface area contributed by atoms with Gasteiger partial charge >= 0.3 is 0 Å². The van der Waals surface area contributed by atoms with E-state index in [9.17, 15) is 4.79 Å². The number of hydrogen-bond acceptors (Lipinski definition) is 1. The van der Waals surface area contributed by atoms with Crippen molar-refractivity contribution < 1.29 is 4.79 Å². The van der Waals surface area contributed by atoms with Gasteiger partial charge in [0.1, 0.15) is 0 Å². The van der Waals surface area contributed by atoms with Gasteiger partial charge in [-0.15, -0.1) is 0 Å². The third-order valence-corrected chi connectivity index (χ3v) is 2.56. The van der Waals surface area contributed by atoms with E-state index in [2.05, 4.69) is 19.1 Å². The molecule has 1 rings (SSSR count). The summed E-state index contributed by atoms with van der Waals surface area (Å²) in [6.07, 6.45) is 10.3. The van der Waals surface area contributed by atoms with Crippen LogP contribution in [0.5, 0.6) is 0 Å². The van der Waals surface area contributed by atoms with Crippen molar-refractivity contribution >= 4 is 5.91 Å². The molecule has 1 saturated carbocycles. The van der Waals surface area contributed by atoms with E-state index in [0.29, 0.717) is 5.92 Å². The van der Waals surface area contributed by atoms with Crippen molar-refractivity contribution in [3.63, 3.8) is 0 Å². The highest BCUT2D eigenvalue weighted by Gasteiger charge is 2.39. The lowest BCUT2D eigenvalue weighted by Gasteiger charge is -1.91. The Morgan fingerprint density at radius 1 is 1.54 bits per heavy atom. The van der Waals surface area contributed by atoms with Gasteiger partial charge in [-0.3, -0.25) is 4.79 Å². The van der Waals surface area contributed by atoms with Gasteiger partial charge in [-0.2, -0.15) is 0 Å². The van der Waals surface area contributed by atoms with Crippen LogP contribution in [0.3, 0.4) is 0 Å². The molecular formula is C11H19NO. The predicted octanol–water partition coefficient (Wildman–Crippen LogP) is 2.24. The van der Waals surface area contributed by atoms with Crippen LogP contribution in [0.25, 0.3) is 0 Å². The summed E-state index contributed by atoms with van der Waals surface area (Å²) < 4.78 is 0. The molecule has 0 spiro atoms. The van der Waals surface area contributed by atoms with Gasteiger partial charge < -0.3 is 5.73 Å². The molecule has 0 radical (unpaired) electrons. The summed E-state index contributed by atoms with van der Waals surface area (Å²) in [5.74, 6) is 0.463. The molecule has 0 heterocycles. The van der Waals surface area contributed by atoms with E-state index < -0.39 is 0 Å². The van der Waals surface area contributed by atoms with Crippen LogP contribution in [0.15, 0.2) is 12.2 Å². The lowest BCUT2D eigenvalue weighted by atomic mass is 10.2. The molecule has 2 unspecified atom stereocenters. The Labute approximate surface area is 80.2 Å². The molecule has 1 amide bonds. The number of hydrogen-bond donors (Lipinski definition) is 1. The molecule has 0 saturated heterocycles. The van der Waals surface area contributed by atoms with Gasteiger partial charge in [-0.05, 0) is 25.2 Å². The zero-order valence-electron chi connectivity index (χ0n) is 8.33. The van der Waals surface area contributed by atoms with Gasteiger partial charge in [0.25, 0.3) is 0 Å². The number of allylic oxidation sites excluding steroid dienone is 2. The summed E-state index contributed by atoms with van der Waals surface area (Å²) >= 11 is 0. The number of carbonyl (C=O) groups excluding carboxylic acids is 1. The van der Waals surface area contributed by atoms with Crippen LogP contribution in [-0.4, -0.2) is 5.91 Å². The van der Waals surface area contributed by atoms with Crippen molar-refractivity contribution in [2.45, 2.75) is 39.0 Å². The third-order valence-electron chi connectivity index (χ3n) is 2.56. The molecule has 1 aliphatic carbocycles. The molecule has 0 aromatic carbocycles. The van der Waals surface area contributed by atoms with Crippen molar-refractivity contribution in [3.8, 4) is 0 Å². The minimum absolute atomic E-state index is 0.136. The molecule has 2 heteroatoms. The van der Waals surface area contributed by atoms with E-state index in [-0.39, 0.29) is 11.8 Å². The highest BCUT2D eigenvalue weighted by molar-refractivity contribution is 5.80. The second-order valence-corrected chi connectivity index (χ2v) is 3.83. The van der Waals surface area contributed by atoms with Gasteiger partial charge in [0.05, 0.1) is 0 Å². The molecular weight excluding hydrogens is 162 g/mol. The summed E-state index contributed by atoms with van der Waals surface area (Å²) in [7, 11) is 0. The monoisotopic (exact) mass is 181 g/mol. The normalized spacial score (nSPS) is 26.5. The average Bonchev–Trinajstić information content (AvgIpc) is 2.83. The van der Waals surface area contributed by atoms with E-state index in [4.69, 9.17) is 5.73 Å². The van der Waals surface area contributed by atoms with E-state index in [0.717, 1.165) is 12.8 Å². The average molecular weight is 181 g/mol. The highest BCUT2D eigenvalue weighted by atomic mass is 16.1. The standard InChI is InChI=1S/C11H19NO/c1-2-3-4-5-6-7-9-8-10(9)11(12)13/h6-7,9-10H,2-5,8H2,1H3,(H2,12,13). The van der Waals surface area contributed by atoms with Gasteiger partial charge in [0, 0.05) is 5.92 Å². The van der Waals surface area contributed by atoms with E-state index >= 15 is 0 Å². The van der Waals surface area contributed by atoms with Gasteiger partial charge in [0.15, 0.2) is 0 Å². The lowest BCUT2D eigenvalue weighted by Crippen LogP contribution is -2.13. The Balaban J connectivity index is 2.03. The molecule has 74 valence electrons. The lowest BCUT2D eigenvalue weighted by molar-refractivity contribution is -0.119. The Morgan fingerprint density at radius 3 is 2.85 bits per heavy atom. The quantitative estimate of drug-likeness (QED) is 0.495. The van der Waals surface area contributed by atoms with Crippen LogP contribution in [0.1, 0.15) is 39.0 Å². The second-order valence-electron chi connectivity index (χ2n) is 3.83. The first-order valence-electron chi connectivity index (χ1n) is 5.21. The van der Waals surface area contributed by atoms with Crippen molar-refractivity contribution in [1.29, 1.82) is 0 Å². The topological polar surface area (TPSA) is 43.1 Å². The molecule has 0 aromatic rings. The summed E-state index contributed by atoms with van der Waals surface area (Å²) in [6.45, 7) is 2.20. The molecule has 13 heavy (non-hydrogen) atoms. The maximum absolute atomic E-state index is 10.7. The first-order chi connectivity index (χ1) is 6.25. The second kappa shape index (κ2) is 5.05. The fourth-order valence-corrected chi connectivity index (χ4v) is 1.54. The summed E-state index contributed by atoms with van der Waals surface area (Å²) in [5, 5.41) is 0. The van der Waals surface area contributed by atoms with Crippen LogP contribution >= 0.6 is 0 Å². The van der Waals surface area contributed by atoms with Gasteiger partial charge in [-0.25, -0.2) is 0 Å². The summed E-state index contributed by atoms with van der Waals surface area (Å²) in [4.78, 5) is 10.7. The van der Waals surface area contributed by atoms with Crippen LogP contribution < -0.4 is 5.73 Å². The van der Waals surface area contributed by atoms with Crippen molar-refractivity contribution in [3.05, 3.63) is 12.2 Å². The Morgan fingerprint density at radius 2 is 2.31 bits per heavy atom. The summed E-state index contributed by atoms with van der Waals surface area (Å²) in [6, 6.07) is 0. The number of unbranched alkanes of at least 4 members (excludes halogenated alkanes) is 3. The fraction of sp³-hybridized carbons (Fsp3) is 0.727. The number of carbonyl (C=O) groups is 1. The molecule has 0 aliphatic heterocycles.